The molecular weight excluding hydrogens is 264 g/mol. The molecule has 2 heterocycles. The van der Waals surface area contributed by atoms with Crippen molar-refractivity contribution in [1.29, 1.82) is 0 Å². The largest absolute Gasteiger partial charge is 0.494 e. The van der Waals surface area contributed by atoms with E-state index in [1.807, 2.05) is 14.0 Å². The first kappa shape index (κ1) is 14.7. The zero-order valence-corrected chi connectivity index (χ0v) is 13.3. The SMILES string of the molecule is CCOc1cc2c(cc1CN1CCC(NC)C1)OC(C)C2. The summed E-state index contributed by atoms with van der Waals surface area (Å²) in [5, 5.41) is 3.37. The zero-order valence-electron chi connectivity index (χ0n) is 13.3. The number of likely N-dealkylation sites (N-methyl/N-ethyl adjacent to an activating group) is 1. The smallest absolute Gasteiger partial charge is 0.124 e. The van der Waals surface area contributed by atoms with Crippen LogP contribution >= 0.6 is 0 Å². The molecule has 1 saturated heterocycles. The van der Waals surface area contributed by atoms with E-state index < -0.39 is 0 Å². The molecule has 0 aliphatic carbocycles. The summed E-state index contributed by atoms with van der Waals surface area (Å²) in [6, 6.07) is 4.99. The van der Waals surface area contributed by atoms with Crippen molar-refractivity contribution in [2.75, 3.05) is 26.7 Å². The third kappa shape index (κ3) is 3.16. The highest BCUT2D eigenvalue weighted by Gasteiger charge is 2.25. The Morgan fingerprint density at radius 3 is 3.00 bits per heavy atom. The van der Waals surface area contributed by atoms with Gasteiger partial charge in [0.15, 0.2) is 0 Å². The Bertz CT molecular complexity index is 504. The van der Waals surface area contributed by atoms with Crippen molar-refractivity contribution in [2.45, 2.75) is 45.4 Å². The Balaban J connectivity index is 1.78. The molecule has 1 N–H and O–H groups in total. The van der Waals surface area contributed by atoms with Crippen molar-refractivity contribution < 1.29 is 9.47 Å². The number of ether oxygens (including phenoxy) is 2. The van der Waals surface area contributed by atoms with Gasteiger partial charge in [-0.05, 0) is 39.4 Å². The molecule has 4 nitrogen and oxygen atoms in total. The first-order valence-electron chi connectivity index (χ1n) is 8.04. The number of nitrogens with zero attached hydrogens (tertiary/aromatic N) is 1. The van der Waals surface area contributed by atoms with Gasteiger partial charge in [-0.25, -0.2) is 0 Å². The van der Waals surface area contributed by atoms with Gasteiger partial charge in [-0.15, -0.1) is 0 Å². The summed E-state index contributed by atoms with van der Waals surface area (Å²) >= 11 is 0. The topological polar surface area (TPSA) is 33.7 Å². The lowest BCUT2D eigenvalue weighted by Crippen LogP contribution is -2.29. The van der Waals surface area contributed by atoms with Gasteiger partial charge in [-0.1, -0.05) is 0 Å². The van der Waals surface area contributed by atoms with E-state index in [-0.39, 0.29) is 6.10 Å². The van der Waals surface area contributed by atoms with E-state index in [1.165, 1.54) is 17.5 Å². The second-order valence-electron chi connectivity index (χ2n) is 6.14. The van der Waals surface area contributed by atoms with E-state index in [1.54, 1.807) is 0 Å². The molecule has 2 aliphatic rings. The van der Waals surface area contributed by atoms with Crippen LogP contribution < -0.4 is 14.8 Å². The Morgan fingerprint density at radius 1 is 1.43 bits per heavy atom. The molecule has 4 heteroatoms. The van der Waals surface area contributed by atoms with Gasteiger partial charge in [0.1, 0.15) is 17.6 Å². The van der Waals surface area contributed by atoms with Gasteiger partial charge in [0, 0.05) is 43.2 Å². The number of hydrogen-bond acceptors (Lipinski definition) is 4. The van der Waals surface area contributed by atoms with Crippen molar-refractivity contribution in [1.82, 2.24) is 10.2 Å². The van der Waals surface area contributed by atoms with Gasteiger partial charge in [0.05, 0.1) is 6.61 Å². The van der Waals surface area contributed by atoms with E-state index in [0.717, 1.165) is 37.6 Å². The van der Waals surface area contributed by atoms with Gasteiger partial charge in [0.2, 0.25) is 0 Å². The average molecular weight is 290 g/mol. The Morgan fingerprint density at radius 2 is 2.29 bits per heavy atom. The lowest BCUT2D eigenvalue weighted by molar-refractivity contribution is 0.253. The summed E-state index contributed by atoms with van der Waals surface area (Å²) in [4.78, 5) is 2.49. The number of fused-ring (bicyclic) bond motifs is 1. The van der Waals surface area contributed by atoms with Crippen molar-refractivity contribution in [2.24, 2.45) is 0 Å². The molecule has 0 bridgehead atoms. The van der Waals surface area contributed by atoms with Gasteiger partial charge >= 0.3 is 0 Å². The minimum Gasteiger partial charge on any atom is -0.494 e. The number of likely N-dealkylation sites (tertiary alicyclic amines) is 1. The molecule has 0 spiro atoms. The van der Waals surface area contributed by atoms with Gasteiger partial charge < -0.3 is 14.8 Å². The fourth-order valence-electron chi connectivity index (χ4n) is 3.35. The van der Waals surface area contributed by atoms with Crippen LogP contribution in [-0.2, 0) is 13.0 Å². The maximum Gasteiger partial charge on any atom is 0.124 e. The summed E-state index contributed by atoms with van der Waals surface area (Å²) in [5.74, 6) is 2.08. The molecule has 0 amide bonds. The van der Waals surface area contributed by atoms with Crippen molar-refractivity contribution in [3.63, 3.8) is 0 Å². The standard InChI is InChI=1S/C17H26N2O2/c1-4-20-16-8-13-7-12(2)21-17(13)9-14(16)10-19-6-5-15(11-19)18-3/h8-9,12,15,18H,4-7,10-11H2,1-3H3. The summed E-state index contributed by atoms with van der Waals surface area (Å²) in [6.07, 6.45) is 2.49. The second kappa shape index (κ2) is 6.24. The molecule has 21 heavy (non-hydrogen) atoms. The Labute approximate surface area is 127 Å². The van der Waals surface area contributed by atoms with Crippen LogP contribution in [-0.4, -0.2) is 43.8 Å². The van der Waals surface area contributed by atoms with Crippen LogP contribution in [0, 0.1) is 0 Å². The predicted molar refractivity (Wildman–Crippen MR) is 84.1 cm³/mol. The molecule has 116 valence electrons. The van der Waals surface area contributed by atoms with Crippen LogP contribution in [0.15, 0.2) is 12.1 Å². The van der Waals surface area contributed by atoms with E-state index in [4.69, 9.17) is 9.47 Å². The van der Waals surface area contributed by atoms with Crippen LogP contribution in [0.3, 0.4) is 0 Å². The molecule has 1 aromatic carbocycles. The Kier molecular flexibility index (Phi) is 4.36. The molecule has 0 aromatic heterocycles. The minimum absolute atomic E-state index is 0.283. The lowest BCUT2D eigenvalue weighted by atomic mass is 10.1. The molecule has 2 atom stereocenters. The highest BCUT2D eigenvalue weighted by molar-refractivity contribution is 5.48. The first-order chi connectivity index (χ1) is 10.2. The predicted octanol–water partition coefficient (Wildman–Crippen LogP) is 2.20. The van der Waals surface area contributed by atoms with Crippen LogP contribution in [0.2, 0.25) is 0 Å². The summed E-state index contributed by atoms with van der Waals surface area (Å²) in [5.41, 5.74) is 2.53. The number of nitrogens with one attached hydrogen (secondary N) is 1. The van der Waals surface area contributed by atoms with Crippen molar-refractivity contribution in [3.8, 4) is 11.5 Å². The summed E-state index contributed by atoms with van der Waals surface area (Å²) in [7, 11) is 2.05. The van der Waals surface area contributed by atoms with E-state index in [2.05, 4.69) is 29.3 Å². The Hall–Kier alpha value is -1.26. The van der Waals surface area contributed by atoms with E-state index in [9.17, 15) is 0 Å². The molecule has 2 unspecified atom stereocenters. The molecule has 1 aromatic rings. The number of benzene rings is 1. The van der Waals surface area contributed by atoms with Gasteiger partial charge in [-0.3, -0.25) is 4.90 Å². The van der Waals surface area contributed by atoms with Gasteiger partial charge in [0.25, 0.3) is 0 Å². The van der Waals surface area contributed by atoms with E-state index in [0.29, 0.717) is 12.6 Å². The third-order valence-corrected chi connectivity index (χ3v) is 4.45. The molecule has 0 saturated carbocycles. The van der Waals surface area contributed by atoms with E-state index >= 15 is 0 Å². The monoisotopic (exact) mass is 290 g/mol. The van der Waals surface area contributed by atoms with Crippen LogP contribution in [0.1, 0.15) is 31.4 Å². The normalized spacial score (nSPS) is 24.9. The van der Waals surface area contributed by atoms with Crippen molar-refractivity contribution in [3.05, 3.63) is 23.3 Å². The van der Waals surface area contributed by atoms with Crippen molar-refractivity contribution >= 4 is 0 Å². The zero-order chi connectivity index (χ0) is 14.8. The molecule has 0 radical (unpaired) electrons. The quantitative estimate of drug-likeness (QED) is 0.901. The first-order valence-corrected chi connectivity index (χ1v) is 8.04. The van der Waals surface area contributed by atoms with Crippen LogP contribution in [0.25, 0.3) is 0 Å². The maximum atomic E-state index is 5.90. The minimum atomic E-state index is 0.283. The van der Waals surface area contributed by atoms with Gasteiger partial charge in [-0.2, -0.15) is 0 Å². The number of rotatable bonds is 5. The third-order valence-electron chi connectivity index (χ3n) is 4.45. The van der Waals surface area contributed by atoms with Crippen LogP contribution in [0.5, 0.6) is 11.5 Å². The highest BCUT2D eigenvalue weighted by Crippen LogP contribution is 2.36. The second-order valence-corrected chi connectivity index (χ2v) is 6.14. The molecular formula is C17H26N2O2. The molecule has 2 aliphatic heterocycles. The highest BCUT2D eigenvalue weighted by atomic mass is 16.5. The maximum absolute atomic E-state index is 5.90. The summed E-state index contributed by atoms with van der Waals surface area (Å²) < 4.78 is 11.8. The van der Waals surface area contributed by atoms with Crippen LogP contribution in [0.4, 0.5) is 0 Å². The fraction of sp³-hybridized carbons (Fsp3) is 0.647. The fourth-order valence-corrected chi connectivity index (χ4v) is 3.35. The molecule has 1 fully saturated rings. The molecule has 3 rings (SSSR count). The summed E-state index contributed by atoms with van der Waals surface area (Å²) in [6.45, 7) is 8.07. The lowest BCUT2D eigenvalue weighted by Gasteiger charge is -2.19. The number of hydrogen-bond donors (Lipinski definition) is 1. The average Bonchev–Trinajstić information content (AvgIpc) is 3.04.